The van der Waals surface area contributed by atoms with Crippen LogP contribution in [-0.2, 0) is 0 Å². The van der Waals surface area contributed by atoms with Gasteiger partial charge in [-0.05, 0) is 40.6 Å². The number of nitrogens with zero attached hydrogens (tertiary/aromatic N) is 4. The quantitative estimate of drug-likeness (QED) is 0.494. The SMILES string of the molecule is COc1ccc(OC)c(Nc2nc3nonc3nc2Nc2cccc(Cl)c2)c1. The fraction of sp³-hybridized carbons (Fsp3) is 0.111. The summed E-state index contributed by atoms with van der Waals surface area (Å²) in [6, 6.07) is 12.6. The molecular weight excluding hydrogens is 384 g/mol. The number of rotatable bonds is 6. The maximum Gasteiger partial charge on any atom is 0.245 e. The van der Waals surface area contributed by atoms with Gasteiger partial charge in [0.25, 0.3) is 0 Å². The average molecular weight is 399 g/mol. The molecule has 142 valence electrons. The lowest BCUT2D eigenvalue weighted by Gasteiger charge is -2.15. The standard InChI is InChI=1S/C18H15ClN6O3/c1-26-12-6-7-14(27-2)13(9-12)21-16-15(20-11-5-3-4-10(19)8-11)22-17-18(23-16)25-28-24-17/h3-9H,1-2H3,(H,20,22,24)(H,21,23,25). The molecule has 10 heteroatoms. The van der Waals surface area contributed by atoms with E-state index >= 15 is 0 Å². The number of methoxy groups -OCH3 is 2. The summed E-state index contributed by atoms with van der Waals surface area (Å²) < 4.78 is 15.4. The van der Waals surface area contributed by atoms with Crippen LogP contribution in [0.5, 0.6) is 11.5 Å². The van der Waals surface area contributed by atoms with Gasteiger partial charge in [-0.3, -0.25) is 0 Å². The number of aromatic nitrogens is 4. The smallest absolute Gasteiger partial charge is 0.245 e. The van der Waals surface area contributed by atoms with Crippen LogP contribution in [0.3, 0.4) is 0 Å². The Balaban J connectivity index is 1.77. The zero-order chi connectivity index (χ0) is 19.5. The van der Waals surface area contributed by atoms with E-state index in [1.54, 1.807) is 44.6 Å². The van der Waals surface area contributed by atoms with Crippen LogP contribution < -0.4 is 20.1 Å². The largest absolute Gasteiger partial charge is 0.497 e. The Morgan fingerprint density at radius 2 is 1.64 bits per heavy atom. The van der Waals surface area contributed by atoms with Crippen LogP contribution in [0.1, 0.15) is 0 Å². The molecule has 0 unspecified atom stereocenters. The van der Waals surface area contributed by atoms with E-state index in [2.05, 4.69) is 30.9 Å². The molecule has 4 rings (SSSR count). The first-order valence-corrected chi connectivity index (χ1v) is 8.56. The molecule has 0 radical (unpaired) electrons. The molecule has 0 spiro atoms. The second kappa shape index (κ2) is 7.57. The van der Waals surface area contributed by atoms with Crippen molar-refractivity contribution in [2.45, 2.75) is 0 Å². The zero-order valence-electron chi connectivity index (χ0n) is 14.9. The molecule has 0 atom stereocenters. The molecule has 2 aromatic heterocycles. The van der Waals surface area contributed by atoms with Gasteiger partial charge in [-0.25, -0.2) is 14.6 Å². The third kappa shape index (κ3) is 3.60. The highest BCUT2D eigenvalue weighted by Crippen LogP contribution is 2.34. The van der Waals surface area contributed by atoms with E-state index in [9.17, 15) is 0 Å². The Morgan fingerprint density at radius 1 is 0.893 bits per heavy atom. The van der Waals surface area contributed by atoms with Crippen LogP contribution in [0.25, 0.3) is 11.3 Å². The second-order valence-corrected chi connectivity index (χ2v) is 6.10. The van der Waals surface area contributed by atoms with Crippen molar-refractivity contribution in [3.8, 4) is 11.5 Å². The fourth-order valence-corrected chi connectivity index (χ4v) is 2.74. The normalized spacial score (nSPS) is 10.7. The molecule has 0 aliphatic rings. The Morgan fingerprint density at radius 3 is 2.32 bits per heavy atom. The highest BCUT2D eigenvalue weighted by atomic mass is 35.5. The number of hydrogen-bond donors (Lipinski definition) is 2. The number of anilines is 4. The maximum atomic E-state index is 6.07. The van der Waals surface area contributed by atoms with Crippen molar-refractivity contribution in [2.24, 2.45) is 0 Å². The average Bonchev–Trinajstić information content (AvgIpc) is 3.15. The summed E-state index contributed by atoms with van der Waals surface area (Å²) in [5, 5.41) is 14.5. The molecule has 2 N–H and O–H groups in total. The Labute approximate surface area is 164 Å². The summed E-state index contributed by atoms with van der Waals surface area (Å²) in [6.45, 7) is 0. The number of halogens is 1. The van der Waals surface area contributed by atoms with E-state index in [0.29, 0.717) is 33.8 Å². The van der Waals surface area contributed by atoms with E-state index in [4.69, 9.17) is 25.7 Å². The van der Waals surface area contributed by atoms with Crippen molar-refractivity contribution in [3.05, 3.63) is 47.5 Å². The van der Waals surface area contributed by atoms with Crippen LogP contribution in [0, 0.1) is 0 Å². The highest BCUT2D eigenvalue weighted by Gasteiger charge is 2.15. The number of ether oxygens (including phenoxy) is 2. The van der Waals surface area contributed by atoms with Crippen LogP contribution in [0.4, 0.5) is 23.0 Å². The van der Waals surface area contributed by atoms with Gasteiger partial charge in [0.05, 0.1) is 19.9 Å². The van der Waals surface area contributed by atoms with Gasteiger partial charge in [-0.1, -0.05) is 17.7 Å². The molecule has 4 aromatic rings. The van der Waals surface area contributed by atoms with Crippen molar-refractivity contribution < 1.29 is 14.1 Å². The minimum absolute atomic E-state index is 0.265. The van der Waals surface area contributed by atoms with Gasteiger partial charge in [0.1, 0.15) is 11.5 Å². The molecule has 0 aliphatic heterocycles. The van der Waals surface area contributed by atoms with Gasteiger partial charge in [-0.2, -0.15) is 0 Å². The first kappa shape index (κ1) is 17.8. The van der Waals surface area contributed by atoms with E-state index in [0.717, 1.165) is 5.69 Å². The van der Waals surface area contributed by atoms with Crippen molar-refractivity contribution in [2.75, 3.05) is 24.9 Å². The number of benzene rings is 2. The molecule has 0 bridgehead atoms. The number of hydrogen-bond acceptors (Lipinski definition) is 9. The monoisotopic (exact) mass is 398 g/mol. The van der Waals surface area contributed by atoms with Crippen LogP contribution in [-0.4, -0.2) is 34.5 Å². The van der Waals surface area contributed by atoms with Crippen LogP contribution >= 0.6 is 11.6 Å². The van der Waals surface area contributed by atoms with Crippen molar-refractivity contribution in [1.29, 1.82) is 0 Å². The van der Waals surface area contributed by atoms with Gasteiger partial charge in [0.2, 0.25) is 11.3 Å². The number of fused-ring (bicyclic) bond motifs is 1. The third-order valence-electron chi connectivity index (χ3n) is 3.86. The Bertz CT molecular complexity index is 1130. The molecular formula is C18H15ClN6O3. The molecule has 9 nitrogen and oxygen atoms in total. The molecule has 2 aromatic carbocycles. The summed E-state index contributed by atoms with van der Waals surface area (Å²) in [5.74, 6) is 2.07. The lowest BCUT2D eigenvalue weighted by molar-refractivity contribution is 0.314. The van der Waals surface area contributed by atoms with Crippen LogP contribution in [0.15, 0.2) is 47.1 Å². The molecule has 0 amide bonds. The van der Waals surface area contributed by atoms with Crippen molar-refractivity contribution >= 4 is 45.9 Å². The predicted molar refractivity (Wildman–Crippen MR) is 105 cm³/mol. The van der Waals surface area contributed by atoms with Gasteiger partial charge < -0.3 is 20.1 Å². The minimum atomic E-state index is 0.265. The maximum absolute atomic E-state index is 6.07. The van der Waals surface area contributed by atoms with E-state index in [1.165, 1.54) is 0 Å². The zero-order valence-corrected chi connectivity index (χ0v) is 15.7. The Hall–Kier alpha value is -3.59. The lowest BCUT2D eigenvalue weighted by atomic mass is 10.2. The van der Waals surface area contributed by atoms with Gasteiger partial charge in [-0.15, -0.1) is 0 Å². The van der Waals surface area contributed by atoms with Gasteiger partial charge in [0.15, 0.2) is 11.6 Å². The van der Waals surface area contributed by atoms with Crippen LogP contribution in [0.2, 0.25) is 5.02 Å². The number of nitrogens with one attached hydrogen (secondary N) is 2. The van der Waals surface area contributed by atoms with Crippen molar-refractivity contribution in [1.82, 2.24) is 20.3 Å². The molecule has 0 aliphatic carbocycles. The Kier molecular flexibility index (Phi) is 4.81. The highest BCUT2D eigenvalue weighted by molar-refractivity contribution is 6.30. The van der Waals surface area contributed by atoms with Gasteiger partial charge in [0, 0.05) is 16.8 Å². The fourth-order valence-electron chi connectivity index (χ4n) is 2.55. The molecule has 28 heavy (non-hydrogen) atoms. The summed E-state index contributed by atoms with van der Waals surface area (Å²) in [7, 11) is 3.17. The topological polar surface area (TPSA) is 107 Å². The summed E-state index contributed by atoms with van der Waals surface area (Å²) in [5.41, 5.74) is 1.91. The first-order chi connectivity index (χ1) is 13.7. The third-order valence-corrected chi connectivity index (χ3v) is 4.10. The summed E-state index contributed by atoms with van der Waals surface area (Å²) in [4.78, 5) is 8.88. The summed E-state index contributed by atoms with van der Waals surface area (Å²) in [6.07, 6.45) is 0. The lowest BCUT2D eigenvalue weighted by Crippen LogP contribution is -2.04. The second-order valence-electron chi connectivity index (χ2n) is 5.66. The molecule has 0 saturated heterocycles. The minimum Gasteiger partial charge on any atom is -0.497 e. The van der Waals surface area contributed by atoms with E-state index < -0.39 is 0 Å². The van der Waals surface area contributed by atoms with Gasteiger partial charge >= 0.3 is 0 Å². The van der Waals surface area contributed by atoms with E-state index in [1.807, 2.05) is 12.1 Å². The van der Waals surface area contributed by atoms with E-state index in [-0.39, 0.29) is 11.3 Å². The summed E-state index contributed by atoms with van der Waals surface area (Å²) >= 11 is 6.07. The molecule has 0 saturated carbocycles. The first-order valence-electron chi connectivity index (χ1n) is 8.18. The molecule has 0 fully saturated rings. The van der Waals surface area contributed by atoms with Crippen molar-refractivity contribution in [3.63, 3.8) is 0 Å². The molecule has 2 heterocycles. The predicted octanol–water partition coefficient (Wildman–Crippen LogP) is 4.17.